The number of ether oxygens (including phenoxy) is 2. The molecule has 0 unspecified atom stereocenters. The van der Waals surface area contributed by atoms with E-state index >= 15 is 0 Å². The first-order valence-electron chi connectivity index (χ1n) is 10.4. The molecule has 3 rings (SSSR count). The van der Waals surface area contributed by atoms with Gasteiger partial charge >= 0.3 is 0 Å². The molecule has 1 N–H and O–H groups in total. The fourth-order valence-electron chi connectivity index (χ4n) is 3.26. The van der Waals surface area contributed by atoms with E-state index in [9.17, 15) is 13.2 Å². The number of imidazole rings is 1. The van der Waals surface area contributed by atoms with Crippen LogP contribution in [0.1, 0.15) is 12.0 Å². The van der Waals surface area contributed by atoms with Crippen molar-refractivity contribution in [2.75, 3.05) is 27.3 Å². The van der Waals surface area contributed by atoms with Crippen LogP contribution < -0.4 is 14.8 Å². The molecule has 1 amide bonds. The number of hydrogen-bond acceptors (Lipinski definition) is 6. The highest BCUT2D eigenvalue weighted by Gasteiger charge is 2.28. The number of nitrogens with zero attached hydrogens (tertiary/aromatic N) is 3. The SMILES string of the molecule is COc1ccc(S(=O)(=O)N(CC(=O)NCCCn2ccnc2)Cc2ccccc2)cc1OC. The molecule has 3 aromatic rings. The van der Waals surface area contributed by atoms with Crippen molar-refractivity contribution in [3.63, 3.8) is 0 Å². The van der Waals surface area contributed by atoms with E-state index in [1.807, 2.05) is 41.1 Å². The smallest absolute Gasteiger partial charge is 0.243 e. The minimum absolute atomic E-state index is 0.0176. The fourth-order valence-corrected chi connectivity index (χ4v) is 4.66. The summed E-state index contributed by atoms with van der Waals surface area (Å²) in [7, 11) is -1.08. The van der Waals surface area contributed by atoms with E-state index in [4.69, 9.17) is 9.47 Å². The Balaban J connectivity index is 1.74. The highest BCUT2D eigenvalue weighted by Crippen LogP contribution is 2.31. The zero-order valence-electron chi connectivity index (χ0n) is 18.7. The molecular weight excluding hydrogens is 444 g/mol. The number of aromatic nitrogens is 2. The van der Waals surface area contributed by atoms with E-state index in [-0.39, 0.29) is 23.9 Å². The standard InChI is InChI=1S/C23H28N4O5S/c1-31-21-10-9-20(15-22(21)32-2)33(29,30)27(16-19-7-4-3-5-8-19)17-23(28)25-11-6-13-26-14-12-24-18-26/h3-5,7-10,12,14-15,18H,6,11,13,16-17H2,1-2H3,(H,25,28). The number of nitrogens with one attached hydrogen (secondary N) is 1. The summed E-state index contributed by atoms with van der Waals surface area (Å²) in [5.74, 6) is 0.337. The van der Waals surface area contributed by atoms with Gasteiger partial charge in [-0.2, -0.15) is 4.31 Å². The summed E-state index contributed by atoms with van der Waals surface area (Å²) in [4.78, 5) is 16.6. The molecule has 1 aromatic heterocycles. The predicted molar refractivity (Wildman–Crippen MR) is 123 cm³/mol. The number of methoxy groups -OCH3 is 2. The average Bonchev–Trinajstić information content (AvgIpc) is 3.35. The molecule has 10 heteroatoms. The van der Waals surface area contributed by atoms with Crippen LogP contribution in [0.25, 0.3) is 0 Å². The quantitative estimate of drug-likeness (QED) is 0.406. The molecule has 0 bridgehead atoms. The predicted octanol–water partition coefficient (Wildman–Crippen LogP) is 2.30. The zero-order chi connectivity index (χ0) is 23.7. The minimum atomic E-state index is -3.99. The number of hydrogen-bond donors (Lipinski definition) is 1. The number of carbonyl (C=O) groups is 1. The van der Waals surface area contributed by atoms with Gasteiger partial charge in [0.2, 0.25) is 15.9 Å². The molecule has 1 heterocycles. The van der Waals surface area contributed by atoms with Crippen molar-refractivity contribution in [3.05, 3.63) is 72.8 Å². The average molecular weight is 473 g/mol. The van der Waals surface area contributed by atoms with Gasteiger partial charge in [-0.3, -0.25) is 4.79 Å². The summed E-state index contributed by atoms with van der Waals surface area (Å²) in [5.41, 5.74) is 0.773. The summed E-state index contributed by atoms with van der Waals surface area (Å²) in [5, 5.41) is 2.80. The van der Waals surface area contributed by atoms with E-state index in [2.05, 4.69) is 10.3 Å². The fraction of sp³-hybridized carbons (Fsp3) is 0.304. The summed E-state index contributed by atoms with van der Waals surface area (Å²) < 4.78 is 40.5. The summed E-state index contributed by atoms with van der Waals surface area (Å²) in [6.07, 6.45) is 5.94. The van der Waals surface area contributed by atoms with Gasteiger partial charge in [-0.1, -0.05) is 30.3 Å². The molecule has 176 valence electrons. The van der Waals surface area contributed by atoms with Crippen LogP contribution in [-0.4, -0.2) is 55.5 Å². The number of sulfonamides is 1. The third-order valence-corrected chi connectivity index (χ3v) is 6.78. The lowest BCUT2D eigenvalue weighted by Crippen LogP contribution is -2.40. The first kappa shape index (κ1) is 24.3. The number of rotatable bonds is 12. The van der Waals surface area contributed by atoms with Gasteiger partial charge in [0, 0.05) is 38.1 Å². The highest BCUT2D eigenvalue weighted by atomic mass is 32.2. The summed E-state index contributed by atoms with van der Waals surface area (Å²) >= 11 is 0. The molecule has 0 aliphatic rings. The van der Waals surface area contributed by atoms with Crippen LogP contribution in [0.3, 0.4) is 0 Å². The van der Waals surface area contributed by atoms with Crippen LogP contribution in [0.4, 0.5) is 0 Å². The Morgan fingerprint density at radius 3 is 2.52 bits per heavy atom. The Labute approximate surface area is 194 Å². The summed E-state index contributed by atoms with van der Waals surface area (Å²) in [6, 6.07) is 13.5. The second-order valence-electron chi connectivity index (χ2n) is 7.28. The first-order chi connectivity index (χ1) is 15.9. The maximum Gasteiger partial charge on any atom is 0.243 e. The molecule has 0 fully saturated rings. The molecule has 9 nitrogen and oxygen atoms in total. The molecule has 2 aromatic carbocycles. The lowest BCUT2D eigenvalue weighted by Gasteiger charge is -2.22. The van der Waals surface area contributed by atoms with E-state index < -0.39 is 10.0 Å². The van der Waals surface area contributed by atoms with Crippen molar-refractivity contribution in [1.29, 1.82) is 0 Å². The number of benzene rings is 2. The van der Waals surface area contributed by atoms with Crippen LogP contribution in [-0.2, 0) is 27.9 Å². The molecule has 0 radical (unpaired) electrons. The van der Waals surface area contributed by atoms with Gasteiger partial charge in [-0.25, -0.2) is 13.4 Å². The lowest BCUT2D eigenvalue weighted by atomic mass is 10.2. The van der Waals surface area contributed by atoms with Gasteiger partial charge in [0.05, 0.1) is 32.0 Å². The van der Waals surface area contributed by atoms with Gasteiger partial charge in [0.15, 0.2) is 11.5 Å². The number of carbonyl (C=O) groups excluding carboxylic acids is 1. The second kappa shape index (κ2) is 11.5. The molecule has 0 aliphatic heterocycles. The third kappa shape index (κ3) is 6.56. The van der Waals surface area contributed by atoms with Crippen molar-refractivity contribution >= 4 is 15.9 Å². The number of aryl methyl sites for hydroxylation is 1. The maximum atomic E-state index is 13.5. The Hall–Kier alpha value is -3.37. The topological polar surface area (TPSA) is 103 Å². The van der Waals surface area contributed by atoms with Crippen LogP contribution in [0, 0.1) is 0 Å². The Morgan fingerprint density at radius 2 is 1.85 bits per heavy atom. The molecule has 0 atom stereocenters. The zero-order valence-corrected chi connectivity index (χ0v) is 19.5. The largest absolute Gasteiger partial charge is 0.493 e. The lowest BCUT2D eigenvalue weighted by molar-refractivity contribution is -0.121. The minimum Gasteiger partial charge on any atom is -0.493 e. The van der Waals surface area contributed by atoms with E-state index in [1.165, 1.54) is 32.4 Å². The molecule has 0 saturated heterocycles. The maximum absolute atomic E-state index is 13.5. The van der Waals surface area contributed by atoms with Gasteiger partial charge in [-0.05, 0) is 24.1 Å². The molecular formula is C23H28N4O5S. The molecule has 0 spiro atoms. The van der Waals surface area contributed by atoms with E-state index in [1.54, 1.807) is 12.5 Å². The first-order valence-corrected chi connectivity index (χ1v) is 11.9. The molecule has 33 heavy (non-hydrogen) atoms. The second-order valence-corrected chi connectivity index (χ2v) is 9.22. The molecule has 0 aliphatic carbocycles. The highest BCUT2D eigenvalue weighted by molar-refractivity contribution is 7.89. The van der Waals surface area contributed by atoms with Crippen LogP contribution in [0.2, 0.25) is 0 Å². The van der Waals surface area contributed by atoms with Gasteiger partial charge < -0.3 is 19.4 Å². The van der Waals surface area contributed by atoms with E-state index in [0.717, 1.165) is 9.87 Å². The van der Waals surface area contributed by atoms with Crippen molar-refractivity contribution in [2.24, 2.45) is 0 Å². The Kier molecular flexibility index (Phi) is 8.45. The van der Waals surface area contributed by atoms with Gasteiger partial charge in [-0.15, -0.1) is 0 Å². The third-order valence-electron chi connectivity index (χ3n) is 4.99. The van der Waals surface area contributed by atoms with E-state index in [0.29, 0.717) is 31.0 Å². The number of amides is 1. The summed E-state index contributed by atoms with van der Waals surface area (Å²) in [6.45, 7) is 0.876. The van der Waals surface area contributed by atoms with Gasteiger partial charge in [0.1, 0.15) is 0 Å². The molecule has 0 saturated carbocycles. The van der Waals surface area contributed by atoms with Crippen LogP contribution in [0.15, 0.2) is 72.1 Å². The Morgan fingerprint density at radius 1 is 1.09 bits per heavy atom. The van der Waals surface area contributed by atoms with Gasteiger partial charge in [0.25, 0.3) is 0 Å². The normalized spacial score (nSPS) is 11.4. The van der Waals surface area contributed by atoms with Crippen molar-refractivity contribution in [1.82, 2.24) is 19.2 Å². The van der Waals surface area contributed by atoms with Crippen molar-refractivity contribution in [2.45, 2.75) is 24.4 Å². The monoisotopic (exact) mass is 472 g/mol. The van der Waals surface area contributed by atoms with Crippen LogP contribution in [0.5, 0.6) is 11.5 Å². The Bertz CT molecular complexity index is 1130. The van der Waals surface area contributed by atoms with Crippen LogP contribution >= 0.6 is 0 Å². The van der Waals surface area contributed by atoms with Crippen molar-refractivity contribution in [3.8, 4) is 11.5 Å². The van der Waals surface area contributed by atoms with Crippen molar-refractivity contribution < 1.29 is 22.7 Å².